The van der Waals surface area contributed by atoms with Crippen LogP contribution in [0.1, 0.15) is 29.8 Å². The van der Waals surface area contributed by atoms with E-state index in [1.807, 2.05) is 6.07 Å². The third-order valence-electron chi connectivity index (χ3n) is 2.80. The summed E-state index contributed by atoms with van der Waals surface area (Å²) >= 11 is 0. The molecule has 0 spiro atoms. The molecule has 3 nitrogen and oxygen atoms in total. The number of halogens is 3. The van der Waals surface area contributed by atoms with E-state index in [0.717, 1.165) is 4.90 Å². The molecular weight excluding hydrogens is 269 g/mol. The molecule has 6 heteroatoms. The molecule has 1 rings (SSSR count). The molecule has 0 bridgehead atoms. The van der Waals surface area contributed by atoms with E-state index >= 15 is 0 Å². The third-order valence-corrected chi connectivity index (χ3v) is 2.80. The number of benzene rings is 1. The Labute approximate surface area is 115 Å². The third kappa shape index (κ3) is 5.02. The maximum atomic E-state index is 12.4. The first kappa shape index (κ1) is 16.2. The molecule has 0 aliphatic heterocycles. The maximum Gasteiger partial charge on any atom is 0.401 e. The van der Waals surface area contributed by atoms with Gasteiger partial charge in [-0.1, -0.05) is 12.1 Å². The fourth-order valence-corrected chi connectivity index (χ4v) is 1.66. The molecule has 0 N–H and O–H groups in total. The molecule has 0 radical (unpaired) electrons. The Morgan fingerprint density at radius 3 is 2.25 bits per heavy atom. The van der Waals surface area contributed by atoms with Crippen molar-refractivity contribution in [2.45, 2.75) is 26.1 Å². The molecule has 1 aromatic carbocycles. The van der Waals surface area contributed by atoms with Gasteiger partial charge in [0.2, 0.25) is 0 Å². The van der Waals surface area contributed by atoms with E-state index in [1.165, 1.54) is 24.3 Å². The van der Waals surface area contributed by atoms with Gasteiger partial charge in [0.05, 0.1) is 24.7 Å². The molecule has 0 fully saturated rings. The van der Waals surface area contributed by atoms with E-state index in [0.29, 0.717) is 11.1 Å². The van der Waals surface area contributed by atoms with Crippen LogP contribution in [0.15, 0.2) is 24.3 Å². The lowest BCUT2D eigenvalue weighted by atomic mass is 10.1. The van der Waals surface area contributed by atoms with E-state index in [9.17, 15) is 18.0 Å². The summed E-state index contributed by atoms with van der Waals surface area (Å²) < 4.78 is 37.3. The van der Waals surface area contributed by atoms with Gasteiger partial charge in [-0.2, -0.15) is 18.4 Å². The van der Waals surface area contributed by atoms with Crippen LogP contribution >= 0.6 is 0 Å². The number of alkyl halides is 3. The van der Waals surface area contributed by atoms with Gasteiger partial charge in [-0.3, -0.25) is 9.69 Å². The average molecular weight is 284 g/mol. The summed E-state index contributed by atoms with van der Waals surface area (Å²) in [5.74, 6) is -0.396. The van der Waals surface area contributed by atoms with Crippen molar-refractivity contribution in [1.82, 2.24) is 4.90 Å². The SMILES string of the molecule is CC(C)N(CC(=O)c1ccc(C#N)cc1)CC(F)(F)F. The van der Waals surface area contributed by atoms with Gasteiger partial charge >= 0.3 is 6.18 Å². The van der Waals surface area contributed by atoms with E-state index in [2.05, 4.69) is 0 Å². The highest BCUT2D eigenvalue weighted by molar-refractivity contribution is 5.97. The van der Waals surface area contributed by atoms with Crippen molar-refractivity contribution in [1.29, 1.82) is 5.26 Å². The van der Waals surface area contributed by atoms with Crippen LogP contribution < -0.4 is 0 Å². The summed E-state index contributed by atoms with van der Waals surface area (Å²) in [5.41, 5.74) is 0.703. The van der Waals surface area contributed by atoms with Gasteiger partial charge in [-0.05, 0) is 26.0 Å². The number of nitriles is 1. The zero-order valence-corrected chi connectivity index (χ0v) is 11.2. The van der Waals surface area contributed by atoms with Crippen LogP contribution in [0.5, 0.6) is 0 Å². The van der Waals surface area contributed by atoms with Crippen molar-refractivity contribution in [3.63, 3.8) is 0 Å². The number of nitrogens with zero attached hydrogens (tertiary/aromatic N) is 2. The van der Waals surface area contributed by atoms with Crippen molar-refractivity contribution >= 4 is 5.78 Å². The zero-order valence-electron chi connectivity index (χ0n) is 11.2. The van der Waals surface area contributed by atoms with Gasteiger partial charge in [0.1, 0.15) is 0 Å². The molecule has 0 unspecified atom stereocenters. The van der Waals surface area contributed by atoms with Crippen LogP contribution in [0.25, 0.3) is 0 Å². The number of carbonyl (C=O) groups is 1. The van der Waals surface area contributed by atoms with E-state index in [4.69, 9.17) is 5.26 Å². The quantitative estimate of drug-likeness (QED) is 0.781. The lowest BCUT2D eigenvalue weighted by Crippen LogP contribution is -2.42. The van der Waals surface area contributed by atoms with E-state index in [-0.39, 0.29) is 12.6 Å². The largest absolute Gasteiger partial charge is 0.401 e. The van der Waals surface area contributed by atoms with Gasteiger partial charge in [0, 0.05) is 11.6 Å². The van der Waals surface area contributed by atoms with E-state index in [1.54, 1.807) is 13.8 Å². The molecule has 0 amide bonds. The summed E-state index contributed by atoms with van der Waals surface area (Å²) in [6.07, 6.45) is -4.34. The number of hydrogen-bond acceptors (Lipinski definition) is 3. The summed E-state index contributed by atoms with van der Waals surface area (Å²) in [5, 5.41) is 8.64. The molecule has 108 valence electrons. The lowest BCUT2D eigenvalue weighted by Gasteiger charge is -2.26. The molecular formula is C14H15F3N2O. The van der Waals surface area contributed by atoms with Crippen LogP contribution in [0.2, 0.25) is 0 Å². The fourth-order valence-electron chi connectivity index (χ4n) is 1.66. The number of rotatable bonds is 5. The highest BCUT2D eigenvalue weighted by Crippen LogP contribution is 2.18. The molecule has 0 heterocycles. The summed E-state index contributed by atoms with van der Waals surface area (Å²) in [4.78, 5) is 13.0. The van der Waals surface area contributed by atoms with Crippen LogP contribution in [0, 0.1) is 11.3 Å². The molecule has 20 heavy (non-hydrogen) atoms. The Kier molecular flexibility index (Phi) is 5.28. The maximum absolute atomic E-state index is 12.4. The number of hydrogen-bond donors (Lipinski definition) is 0. The van der Waals surface area contributed by atoms with Crippen molar-refractivity contribution in [2.24, 2.45) is 0 Å². The van der Waals surface area contributed by atoms with Crippen molar-refractivity contribution in [3.05, 3.63) is 35.4 Å². The van der Waals surface area contributed by atoms with Crippen molar-refractivity contribution in [2.75, 3.05) is 13.1 Å². The van der Waals surface area contributed by atoms with Crippen LogP contribution in [-0.4, -0.2) is 36.0 Å². The molecule has 0 aliphatic rings. The minimum Gasteiger partial charge on any atom is -0.293 e. The predicted octanol–water partition coefficient (Wildman–Crippen LogP) is 3.01. The molecule has 0 saturated heterocycles. The van der Waals surface area contributed by atoms with Gasteiger partial charge in [-0.25, -0.2) is 0 Å². The Hall–Kier alpha value is -1.87. The smallest absolute Gasteiger partial charge is 0.293 e. The Balaban J connectivity index is 2.77. The Morgan fingerprint density at radius 2 is 1.85 bits per heavy atom. The lowest BCUT2D eigenvalue weighted by molar-refractivity contribution is -0.148. The first-order valence-corrected chi connectivity index (χ1v) is 6.07. The second-order valence-corrected chi connectivity index (χ2v) is 4.73. The van der Waals surface area contributed by atoms with Crippen LogP contribution in [0.4, 0.5) is 13.2 Å². The topological polar surface area (TPSA) is 44.1 Å². The first-order chi connectivity index (χ1) is 9.23. The van der Waals surface area contributed by atoms with Gasteiger partial charge in [-0.15, -0.1) is 0 Å². The van der Waals surface area contributed by atoms with Crippen molar-refractivity contribution in [3.8, 4) is 6.07 Å². The molecule has 0 saturated carbocycles. The fraction of sp³-hybridized carbons (Fsp3) is 0.429. The number of carbonyl (C=O) groups excluding carboxylic acids is 1. The summed E-state index contributed by atoms with van der Waals surface area (Å²) in [6, 6.07) is 7.36. The van der Waals surface area contributed by atoms with Gasteiger partial charge in [0.25, 0.3) is 0 Å². The van der Waals surface area contributed by atoms with Gasteiger partial charge < -0.3 is 0 Å². The molecule has 0 aliphatic carbocycles. The highest BCUT2D eigenvalue weighted by atomic mass is 19.4. The van der Waals surface area contributed by atoms with E-state index < -0.39 is 18.5 Å². The van der Waals surface area contributed by atoms with Crippen molar-refractivity contribution < 1.29 is 18.0 Å². The molecule has 0 atom stereocenters. The summed E-state index contributed by atoms with van der Waals surface area (Å²) in [7, 11) is 0. The number of ketones is 1. The normalized spacial score (nSPS) is 11.7. The predicted molar refractivity (Wildman–Crippen MR) is 68.3 cm³/mol. The second kappa shape index (κ2) is 6.53. The minimum atomic E-state index is -4.34. The monoisotopic (exact) mass is 284 g/mol. The van der Waals surface area contributed by atoms with Crippen LogP contribution in [-0.2, 0) is 0 Å². The van der Waals surface area contributed by atoms with Gasteiger partial charge in [0.15, 0.2) is 5.78 Å². The minimum absolute atomic E-state index is 0.303. The molecule has 1 aromatic rings. The molecule has 0 aromatic heterocycles. The standard InChI is InChI=1S/C14H15F3N2O/c1-10(2)19(9-14(15,16)17)8-13(20)12-5-3-11(7-18)4-6-12/h3-6,10H,8-9H2,1-2H3. The second-order valence-electron chi connectivity index (χ2n) is 4.73. The highest BCUT2D eigenvalue weighted by Gasteiger charge is 2.32. The number of Topliss-reactive ketones (excluding diaryl/α,β-unsaturated/α-hetero) is 1. The average Bonchev–Trinajstić information content (AvgIpc) is 2.36. The Bertz CT molecular complexity index is 501. The summed E-state index contributed by atoms with van der Waals surface area (Å²) in [6.45, 7) is 1.80. The first-order valence-electron chi connectivity index (χ1n) is 6.07. The Morgan fingerprint density at radius 1 is 1.30 bits per heavy atom. The zero-order chi connectivity index (χ0) is 15.3. The van der Waals surface area contributed by atoms with Crippen LogP contribution in [0.3, 0.4) is 0 Å².